The van der Waals surface area contributed by atoms with Crippen LogP contribution in [0.15, 0.2) is 73.3 Å². The molecule has 0 aliphatic carbocycles. The van der Waals surface area contributed by atoms with Gasteiger partial charge in [-0.3, -0.25) is 4.79 Å². The van der Waals surface area contributed by atoms with Gasteiger partial charge in [0.25, 0.3) is 0 Å². The molecule has 0 bridgehead atoms. The Hall–Kier alpha value is -2.89. The Kier molecular flexibility index (Phi) is 18.4. The molecule has 1 heterocycles. The van der Waals surface area contributed by atoms with Gasteiger partial charge in [0.15, 0.2) is 0 Å². The van der Waals surface area contributed by atoms with E-state index in [2.05, 4.69) is 74.8 Å². The number of hydrogen-bond acceptors (Lipinski definition) is 4. The number of amides is 1. The maximum Gasteiger partial charge on any atom is 0.224 e. The van der Waals surface area contributed by atoms with E-state index in [0.29, 0.717) is 25.0 Å². The van der Waals surface area contributed by atoms with Gasteiger partial charge in [0.1, 0.15) is 11.9 Å². The molecule has 2 aromatic carbocycles. The lowest BCUT2D eigenvalue weighted by molar-refractivity contribution is -0.116. The Morgan fingerprint density at radius 1 is 1.10 bits per heavy atom. The number of carbonyl (C=O) groups is 1. The number of likely N-dealkylation sites (tertiary alicyclic amines) is 1. The molecule has 0 aromatic heterocycles. The van der Waals surface area contributed by atoms with Crippen molar-refractivity contribution in [1.82, 2.24) is 10.2 Å². The zero-order valence-corrected chi connectivity index (χ0v) is 27.2. The molecule has 1 saturated heterocycles. The van der Waals surface area contributed by atoms with Crippen molar-refractivity contribution in [3.05, 3.63) is 84.5 Å². The minimum Gasteiger partial charge on any atom is -0.490 e. The summed E-state index contributed by atoms with van der Waals surface area (Å²) in [6, 6.07) is 16.9. The van der Waals surface area contributed by atoms with Crippen LogP contribution in [0.5, 0.6) is 5.75 Å². The van der Waals surface area contributed by atoms with E-state index in [1.807, 2.05) is 62.1 Å². The number of benzene rings is 2. The smallest absolute Gasteiger partial charge is 0.224 e. The van der Waals surface area contributed by atoms with Crippen LogP contribution in [0.25, 0.3) is 0 Å². The van der Waals surface area contributed by atoms with E-state index in [-0.39, 0.29) is 12.0 Å². The van der Waals surface area contributed by atoms with Crippen LogP contribution in [-0.4, -0.2) is 42.6 Å². The van der Waals surface area contributed by atoms with E-state index in [1.54, 1.807) is 6.92 Å². The van der Waals surface area contributed by atoms with Crippen molar-refractivity contribution < 1.29 is 9.53 Å². The third-order valence-electron chi connectivity index (χ3n) is 7.09. The van der Waals surface area contributed by atoms with Gasteiger partial charge in [-0.25, -0.2) is 0 Å². The minimum atomic E-state index is 0.0316. The number of allylic oxidation sites excluding steroid dienone is 2. The van der Waals surface area contributed by atoms with Crippen LogP contribution in [0.2, 0.25) is 0 Å². The molecule has 1 unspecified atom stereocenters. The van der Waals surface area contributed by atoms with Crippen LogP contribution in [0.1, 0.15) is 85.8 Å². The Balaban J connectivity index is 0.00000108. The number of ether oxygens (including phenoxy) is 1. The molecular weight excluding hydrogens is 506 g/mol. The van der Waals surface area contributed by atoms with Crippen LogP contribution in [0, 0.1) is 5.92 Å². The number of rotatable bonds is 12. The summed E-state index contributed by atoms with van der Waals surface area (Å²) in [6.07, 6.45) is 9.69. The molecule has 0 spiro atoms. The first-order valence-corrected chi connectivity index (χ1v) is 15.6. The summed E-state index contributed by atoms with van der Waals surface area (Å²) in [5, 5.41) is 3.48. The van der Waals surface area contributed by atoms with Crippen LogP contribution >= 0.6 is 0 Å². The van der Waals surface area contributed by atoms with Crippen molar-refractivity contribution in [3.8, 4) is 5.75 Å². The van der Waals surface area contributed by atoms with Crippen molar-refractivity contribution in [2.45, 2.75) is 99.9 Å². The van der Waals surface area contributed by atoms with Crippen LogP contribution in [0.3, 0.4) is 0 Å². The van der Waals surface area contributed by atoms with Gasteiger partial charge in [-0.05, 0) is 75.3 Å². The Morgan fingerprint density at radius 2 is 1.73 bits per heavy atom. The summed E-state index contributed by atoms with van der Waals surface area (Å²) in [4.78, 5) is 17.0. The van der Waals surface area contributed by atoms with E-state index in [0.717, 1.165) is 61.5 Å². The second-order valence-electron chi connectivity index (χ2n) is 10.6. The third kappa shape index (κ3) is 13.5. The second kappa shape index (κ2) is 20.9. The molecule has 5 nitrogen and oxygen atoms in total. The van der Waals surface area contributed by atoms with E-state index in [9.17, 15) is 4.79 Å². The highest BCUT2D eigenvalue weighted by molar-refractivity contribution is 5.92. The van der Waals surface area contributed by atoms with E-state index < -0.39 is 0 Å². The normalized spacial score (nSPS) is 14.5. The Labute approximate surface area is 251 Å². The summed E-state index contributed by atoms with van der Waals surface area (Å²) >= 11 is 0. The number of hydrogen-bond donors (Lipinski definition) is 1. The average molecular weight is 564 g/mol. The van der Waals surface area contributed by atoms with E-state index in [1.165, 1.54) is 0 Å². The number of carbonyl (C=O) groups excluding carboxylic acids is 1. The SMILES string of the molecule is C/C=C/CC.C=CC(C)CNCc1ccccc1N(Cc1ccc(OC2CCN(C(C)C)CC2)cc1)C(C)=O.CC. The van der Waals surface area contributed by atoms with E-state index >= 15 is 0 Å². The average Bonchev–Trinajstić information content (AvgIpc) is 2.99. The fraction of sp³-hybridized carbons (Fsp3) is 0.528. The van der Waals surface area contributed by atoms with Gasteiger partial charge in [0.2, 0.25) is 5.91 Å². The zero-order chi connectivity index (χ0) is 30.6. The van der Waals surface area contributed by atoms with Gasteiger partial charge >= 0.3 is 0 Å². The first-order valence-electron chi connectivity index (χ1n) is 15.6. The molecule has 1 amide bonds. The van der Waals surface area contributed by atoms with Gasteiger partial charge in [-0.15, -0.1) is 6.58 Å². The molecule has 1 N–H and O–H groups in total. The molecule has 2 aromatic rings. The maximum absolute atomic E-state index is 12.6. The van der Waals surface area contributed by atoms with Crippen LogP contribution in [0.4, 0.5) is 5.69 Å². The standard InChI is InChI=1S/C29H41N3O2.C5H10.C2H6/c1-6-23(4)19-30-20-26-9-7-8-10-29(26)32(24(5)33)21-25-11-13-27(14-12-25)34-28-15-17-31(18-16-28)22(2)3;1-3-5-4-2;1-2/h6-14,22-23,28,30H,1,15-21H2,2-5H3;3,5H,4H2,1-2H3;1-2H3/b;5-3+;. The fourth-order valence-electron chi connectivity index (χ4n) is 4.60. The minimum absolute atomic E-state index is 0.0316. The summed E-state index contributed by atoms with van der Waals surface area (Å²) in [7, 11) is 0. The highest BCUT2D eigenvalue weighted by Gasteiger charge is 2.22. The molecule has 1 fully saturated rings. The molecule has 5 heteroatoms. The lowest BCUT2D eigenvalue weighted by Gasteiger charge is -2.34. The zero-order valence-electron chi connectivity index (χ0n) is 27.2. The third-order valence-corrected chi connectivity index (χ3v) is 7.09. The van der Waals surface area contributed by atoms with Crippen LogP contribution < -0.4 is 15.0 Å². The summed E-state index contributed by atoms with van der Waals surface area (Å²) < 4.78 is 6.24. The molecule has 1 atom stereocenters. The number of nitrogens with zero attached hydrogens (tertiary/aromatic N) is 2. The monoisotopic (exact) mass is 563 g/mol. The number of para-hydroxylation sites is 1. The molecule has 1 aliphatic heterocycles. The van der Waals surface area contributed by atoms with Gasteiger partial charge in [0.05, 0.1) is 6.54 Å². The Bertz CT molecular complexity index is 1010. The Morgan fingerprint density at radius 3 is 2.24 bits per heavy atom. The second-order valence-corrected chi connectivity index (χ2v) is 10.6. The van der Waals surface area contributed by atoms with Gasteiger partial charge in [0, 0.05) is 44.8 Å². The van der Waals surface area contributed by atoms with Crippen molar-refractivity contribution in [2.75, 3.05) is 24.5 Å². The lowest BCUT2D eigenvalue weighted by Crippen LogP contribution is -2.41. The van der Waals surface area contributed by atoms with Crippen molar-refractivity contribution >= 4 is 11.6 Å². The molecule has 1 aliphatic rings. The first kappa shape index (κ1) is 36.1. The highest BCUT2D eigenvalue weighted by atomic mass is 16.5. The first-order chi connectivity index (χ1) is 19.8. The van der Waals surface area contributed by atoms with Crippen molar-refractivity contribution in [1.29, 1.82) is 0 Å². The van der Waals surface area contributed by atoms with Gasteiger partial charge in [-0.2, -0.15) is 0 Å². The molecule has 0 saturated carbocycles. The summed E-state index contributed by atoms with van der Waals surface area (Å²) in [5.41, 5.74) is 3.15. The van der Waals surface area contributed by atoms with Gasteiger partial charge in [-0.1, -0.05) is 76.3 Å². The number of nitrogens with one attached hydrogen (secondary N) is 1. The number of anilines is 1. The fourth-order valence-corrected chi connectivity index (χ4v) is 4.60. The molecular formula is C36H57N3O2. The van der Waals surface area contributed by atoms with E-state index in [4.69, 9.17) is 4.74 Å². The highest BCUT2D eigenvalue weighted by Crippen LogP contribution is 2.25. The predicted molar refractivity (Wildman–Crippen MR) is 178 cm³/mol. The molecule has 3 rings (SSSR count). The molecule has 0 radical (unpaired) electrons. The molecule has 41 heavy (non-hydrogen) atoms. The molecule has 228 valence electrons. The van der Waals surface area contributed by atoms with Crippen LogP contribution in [-0.2, 0) is 17.9 Å². The topological polar surface area (TPSA) is 44.8 Å². The maximum atomic E-state index is 12.6. The van der Waals surface area contributed by atoms with Crippen molar-refractivity contribution in [3.63, 3.8) is 0 Å². The summed E-state index contributed by atoms with van der Waals surface area (Å²) in [5.74, 6) is 1.34. The van der Waals surface area contributed by atoms with Crippen molar-refractivity contribution in [2.24, 2.45) is 5.92 Å². The number of piperidine rings is 1. The van der Waals surface area contributed by atoms with Gasteiger partial charge < -0.3 is 19.9 Å². The largest absolute Gasteiger partial charge is 0.490 e. The quantitative estimate of drug-likeness (QED) is 0.263. The lowest BCUT2D eigenvalue weighted by atomic mass is 10.1. The predicted octanol–water partition coefficient (Wildman–Crippen LogP) is 8.40. The summed E-state index contributed by atoms with van der Waals surface area (Å²) in [6.45, 7) is 24.6.